The number of anilines is 1. The van der Waals surface area contributed by atoms with E-state index in [1.54, 1.807) is 12.3 Å². The van der Waals surface area contributed by atoms with Crippen molar-refractivity contribution in [3.8, 4) is 5.88 Å². The Hall–Kier alpha value is -3.17. The Morgan fingerprint density at radius 2 is 2.10 bits per heavy atom. The van der Waals surface area contributed by atoms with Gasteiger partial charge in [-0.05, 0) is 12.5 Å². The first-order chi connectivity index (χ1) is 14.7. The minimum Gasteiger partial charge on any atom is -0.476 e. The second-order valence-electron chi connectivity index (χ2n) is 7.05. The number of morpholine rings is 1. The number of ether oxygens (including phenoxy) is 2. The van der Waals surface area contributed by atoms with Gasteiger partial charge in [-0.25, -0.2) is 9.78 Å². The SMILES string of the molecule is CCOc1n[nH]c2cc(NC(=O)NC(CN3CCOCC3)c3ccccc3)ncc12. The molecule has 1 aliphatic rings. The summed E-state index contributed by atoms with van der Waals surface area (Å²) >= 11 is 0. The maximum atomic E-state index is 12.7. The summed E-state index contributed by atoms with van der Waals surface area (Å²) in [6.07, 6.45) is 1.64. The van der Waals surface area contributed by atoms with E-state index in [1.807, 2.05) is 37.3 Å². The summed E-state index contributed by atoms with van der Waals surface area (Å²) in [6.45, 7) is 6.27. The molecule has 0 radical (unpaired) electrons. The minimum atomic E-state index is -0.312. The summed E-state index contributed by atoms with van der Waals surface area (Å²) in [6, 6.07) is 11.2. The van der Waals surface area contributed by atoms with E-state index in [4.69, 9.17) is 9.47 Å². The normalized spacial score (nSPS) is 15.6. The topological polar surface area (TPSA) is 104 Å². The van der Waals surface area contributed by atoms with Crippen LogP contribution in [0, 0.1) is 0 Å². The quantitative estimate of drug-likeness (QED) is 0.553. The van der Waals surface area contributed by atoms with Crippen LogP contribution < -0.4 is 15.4 Å². The highest BCUT2D eigenvalue weighted by Crippen LogP contribution is 2.23. The van der Waals surface area contributed by atoms with Crippen molar-refractivity contribution in [3.05, 3.63) is 48.2 Å². The first kappa shape index (κ1) is 20.1. The molecule has 30 heavy (non-hydrogen) atoms. The number of aromatic nitrogens is 3. The lowest BCUT2D eigenvalue weighted by Crippen LogP contribution is -2.44. The number of aromatic amines is 1. The molecule has 2 amide bonds. The number of rotatable bonds is 7. The Labute approximate surface area is 174 Å². The summed E-state index contributed by atoms with van der Waals surface area (Å²) in [4.78, 5) is 19.3. The van der Waals surface area contributed by atoms with Gasteiger partial charge in [-0.2, -0.15) is 0 Å². The zero-order valence-corrected chi connectivity index (χ0v) is 16.9. The zero-order chi connectivity index (χ0) is 20.8. The molecular formula is C21H26N6O3. The number of H-pyrrole nitrogens is 1. The van der Waals surface area contributed by atoms with Crippen molar-refractivity contribution in [1.82, 2.24) is 25.4 Å². The van der Waals surface area contributed by atoms with Gasteiger partial charge in [-0.15, -0.1) is 5.10 Å². The lowest BCUT2D eigenvalue weighted by Gasteiger charge is -2.31. The number of hydrogen-bond acceptors (Lipinski definition) is 6. The van der Waals surface area contributed by atoms with E-state index >= 15 is 0 Å². The molecule has 2 aromatic heterocycles. The van der Waals surface area contributed by atoms with Crippen molar-refractivity contribution < 1.29 is 14.3 Å². The lowest BCUT2D eigenvalue weighted by atomic mass is 10.1. The van der Waals surface area contributed by atoms with Gasteiger partial charge in [0.2, 0.25) is 5.88 Å². The summed E-state index contributed by atoms with van der Waals surface area (Å²) in [7, 11) is 0. The molecule has 4 rings (SSSR count). The van der Waals surface area contributed by atoms with E-state index in [1.165, 1.54) is 0 Å². The van der Waals surface area contributed by atoms with Gasteiger partial charge in [0.25, 0.3) is 0 Å². The number of fused-ring (bicyclic) bond motifs is 1. The van der Waals surface area contributed by atoms with E-state index in [0.29, 0.717) is 38.1 Å². The number of urea groups is 1. The van der Waals surface area contributed by atoms with E-state index in [0.717, 1.165) is 29.6 Å². The molecule has 9 heteroatoms. The maximum absolute atomic E-state index is 12.7. The third-order valence-electron chi connectivity index (χ3n) is 4.99. The van der Waals surface area contributed by atoms with Crippen LogP contribution in [0.25, 0.3) is 10.9 Å². The summed E-state index contributed by atoms with van der Waals surface area (Å²) in [5.74, 6) is 0.940. The van der Waals surface area contributed by atoms with E-state index in [-0.39, 0.29) is 12.1 Å². The second kappa shape index (κ2) is 9.55. The van der Waals surface area contributed by atoms with E-state index < -0.39 is 0 Å². The van der Waals surface area contributed by atoms with Crippen LogP contribution in [0.1, 0.15) is 18.5 Å². The molecule has 158 valence electrons. The molecule has 1 atom stereocenters. The number of nitrogens with one attached hydrogen (secondary N) is 3. The van der Waals surface area contributed by atoms with Crippen molar-refractivity contribution >= 4 is 22.8 Å². The number of pyridine rings is 1. The Balaban J connectivity index is 1.44. The molecule has 3 N–H and O–H groups in total. The first-order valence-electron chi connectivity index (χ1n) is 10.1. The van der Waals surface area contributed by atoms with Crippen LogP contribution in [0.5, 0.6) is 5.88 Å². The third kappa shape index (κ3) is 4.87. The fourth-order valence-electron chi connectivity index (χ4n) is 3.48. The number of carbonyl (C=O) groups excluding carboxylic acids is 1. The minimum absolute atomic E-state index is 0.148. The van der Waals surface area contributed by atoms with Gasteiger partial charge in [0.05, 0.1) is 36.8 Å². The van der Waals surface area contributed by atoms with Crippen LogP contribution in [-0.2, 0) is 4.74 Å². The van der Waals surface area contributed by atoms with Gasteiger partial charge in [0.1, 0.15) is 5.82 Å². The molecule has 3 aromatic rings. The number of hydrogen-bond donors (Lipinski definition) is 3. The number of carbonyl (C=O) groups is 1. The molecule has 0 bridgehead atoms. The first-order valence-corrected chi connectivity index (χ1v) is 10.1. The summed E-state index contributed by atoms with van der Waals surface area (Å²) in [5.41, 5.74) is 1.80. The van der Waals surface area contributed by atoms with Crippen molar-refractivity contribution in [2.24, 2.45) is 0 Å². The third-order valence-corrected chi connectivity index (χ3v) is 4.99. The molecule has 1 saturated heterocycles. The van der Waals surface area contributed by atoms with Crippen LogP contribution in [-0.4, -0.2) is 65.6 Å². The van der Waals surface area contributed by atoms with Crippen LogP contribution >= 0.6 is 0 Å². The molecule has 0 spiro atoms. The fraction of sp³-hybridized carbons (Fsp3) is 0.381. The molecule has 1 unspecified atom stereocenters. The highest BCUT2D eigenvalue weighted by atomic mass is 16.5. The van der Waals surface area contributed by atoms with Crippen LogP contribution in [0.4, 0.5) is 10.6 Å². The maximum Gasteiger partial charge on any atom is 0.320 e. The van der Waals surface area contributed by atoms with Crippen molar-refractivity contribution in [3.63, 3.8) is 0 Å². The highest BCUT2D eigenvalue weighted by Gasteiger charge is 2.20. The zero-order valence-electron chi connectivity index (χ0n) is 16.9. The van der Waals surface area contributed by atoms with Crippen molar-refractivity contribution in [2.75, 3.05) is 44.8 Å². The smallest absolute Gasteiger partial charge is 0.320 e. The number of benzene rings is 1. The molecule has 1 aromatic carbocycles. The molecule has 1 fully saturated rings. The van der Waals surface area contributed by atoms with Crippen LogP contribution in [0.15, 0.2) is 42.6 Å². The number of amides is 2. The molecular weight excluding hydrogens is 384 g/mol. The van der Waals surface area contributed by atoms with Gasteiger partial charge in [-0.3, -0.25) is 15.3 Å². The average Bonchev–Trinajstić information content (AvgIpc) is 3.17. The largest absolute Gasteiger partial charge is 0.476 e. The lowest BCUT2D eigenvalue weighted by molar-refractivity contribution is 0.0340. The monoisotopic (exact) mass is 410 g/mol. The predicted molar refractivity (Wildman–Crippen MR) is 114 cm³/mol. The molecule has 0 aliphatic carbocycles. The molecule has 0 saturated carbocycles. The fourth-order valence-corrected chi connectivity index (χ4v) is 3.48. The average molecular weight is 410 g/mol. The van der Waals surface area contributed by atoms with Gasteiger partial charge >= 0.3 is 6.03 Å². The van der Waals surface area contributed by atoms with Crippen LogP contribution in [0.2, 0.25) is 0 Å². The summed E-state index contributed by atoms with van der Waals surface area (Å²) < 4.78 is 10.9. The molecule has 9 nitrogen and oxygen atoms in total. The highest BCUT2D eigenvalue weighted by molar-refractivity contribution is 5.92. The van der Waals surface area contributed by atoms with Crippen molar-refractivity contribution in [1.29, 1.82) is 0 Å². The standard InChI is InChI=1S/C21H26N6O3/c1-2-30-20-16-13-22-19(12-17(16)25-26-20)24-21(28)23-18(15-6-4-3-5-7-15)14-27-8-10-29-11-9-27/h3-7,12-13,18H,2,8-11,14H2,1H3,(H,25,26)(H2,22,23,24,28). The van der Waals surface area contributed by atoms with Gasteiger partial charge in [0.15, 0.2) is 0 Å². The van der Waals surface area contributed by atoms with Gasteiger partial charge < -0.3 is 14.8 Å². The Bertz CT molecular complexity index is 971. The predicted octanol–water partition coefficient (Wildman–Crippen LogP) is 2.55. The molecule has 3 heterocycles. The van der Waals surface area contributed by atoms with Gasteiger partial charge in [0, 0.05) is 31.9 Å². The van der Waals surface area contributed by atoms with E-state index in [9.17, 15) is 4.79 Å². The Morgan fingerprint density at radius 1 is 1.30 bits per heavy atom. The summed E-state index contributed by atoms with van der Waals surface area (Å²) in [5, 5.41) is 13.7. The van der Waals surface area contributed by atoms with Crippen molar-refractivity contribution in [2.45, 2.75) is 13.0 Å². The Morgan fingerprint density at radius 3 is 2.87 bits per heavy atom. The molecule has 1 aliphatic heterocycles. The van der Waals surface area contributed by atoms with Gasteiger partial charge in [-0.1, -0.05) is 30.3 Å². The number of nitrogens with zero attached hydrogens (tertiary/aromatic N) is 3. The Kier molecular flexibility index (Phi) is 6.41. The second-order valence-corrected chi connectivity index (χ2v) is 7.05. The van der Waals surface area contributed by atoms with E-state index in [2.05, 4.69) is 30.7 Å². The van der Waals surface area contributed by atoms with Crippen LogP contribution in [0.3, 0.4) is 0 Å².